The maximum absolute atomic E-state index is 12.8. The van der Waals surface area contributed by atoms with Crippen LogP contribution in [0.3, 0.4) is 0 Å². The Bertz CT molecular complexity index is 786. The first-order valence-corrected chi connectivity index (χ1v) is 9.58. The zero-order chi connectivity index (χ0) is 18.0. The standard InChI is InChI=1S/C19H23N3O2S/c1-4-13-6-15(5-11(13)2)22-19-16(8-20-10-21-19)18(24)17-7-14(9-25-17)12(3)23/h7-11,13,15H,4-6H2,1-3H3,(H,20,21,22)/t11-,13-,15-/m0/s1. The van der Waals surface area contributed by atoms with Crippen LogP contribution >= 0.6 is 11.3 Å². The van der Waals surface area contributed by atoms with E-state index in [1.165, 1.54) is 31.0 Å². The highest BCUT2D eigenvalue weighted by molar-refractivity contribution is 7.12. The normalized spacial score (nSPS) is 22.8. The van der Waals surface area contributed by atoms with Gasteiger partial charge in [-0.05, 0) is 37.7 Å². The number of carbonyl (C=O) groups excluding carboxylic acids is 2. The molecule has 0 saturated heterocycles. The van der Waals surface area contributed by atoms with E-state index in [1.54, 1.807) is 17.6 Å². The Morgan fingerprint density at radius 3 is 2.80 bits per heavy atom. The molecule has 0 aliphatic heterocycles. The van der Waals surface area contributed by atoms with Gasteiger partial charge in [-0.25, -0.2) is 9.97 Å². The lowest BCUT2D eigenvalue weighted by atomic mass is 9.96. The monoisotopic (exact) mass is 357 g/mol. The minimum atomic E-state index is -0.140. The summed E-state index contributed by atoms with van der Waals surface area (Å²) in [5.74, 6) is 1.81. The topological polar surface area (TPSA) is 72.0 Å². The SMILES string of the molecule is CC[C@H]1C[C@@H](Nc2ncncc2C(=O)c2cc(C(C)=O)cs2)C[C@@H]1C. The molecule has 1 aliphatic rings. The molecule has 25 heavy (non-hydrogen) atoms. The predicted molar refractivity (Wildman–Crippen MR) is 99.4 cm³/mol. The number of aromatic nitrogens is 2. The molecule has 0 aromatic carbocycles. The fourth-order valence-corrected chi connectivity index (χ4v) is 4.50. The van der Waals surface area contributed by atoms with Crippen LogP contribution in [0.15, 0.2) is 24.0 Å². The number of nitrogens with one attached hydrogen (secondary N) is 1. The van der Waals surface area contributed by atoms with E-state index >= 15 is 0 Å². The van der Waals surface area contributed by atoms with E-state index in [1.807, 2.05) is 0 Å². The third-order valence-electron chi connectivity index (χ3n) is 5.10. The Kier molecular flexibility index (Phi) is 5.27. The van der Waals surface area contributed by atoms with E-state index in [2.05, 4.69) is 29.1 Å². The quantitative estimate of drug-likeness (QED) is 0.784. The fraction of sp³-hybridized carbons (Fsp3) is 0.474. The van der Waals surface area contributed by atoms with Crippen LogP contribution < -0.4 is 5.32 Å². The average Bonchev–Trinajstić information content (AvgIpc) is 3.21. The molecule has 132 valence electrons. The number of thiophene rings is 1. The number of ketones is 2. The lowest BCUT2D eigenvalue weighted by molar-refractivity contribution is 0.101. The van der Waals surface area contributed by atoms with Crippen molar-refractivity contribution in [2.45, 2.75) is 46.1 Å². The smallest absolute Gasteiger partial charge is 0.208 e. The van der Waals surface area contributed by atoms with Gasteiger partial charge in [-0.2, -0.15) is 0 Å². The van der Waals surface area contributed by atoms with E-state index in [4.69, 9.17) is 0 Å². The summed E-state index contributed by atoms with van der Waals surface area (Å²) >= 11 is 1.28. The lowest BCUT2D eigenvalue weighted by Gasteiger charge is -2.15. The van der Waals surface area contributed by atoms with Gasteiger partial charge in [0.25, 0.3) is 0 Å². The summed E-state index contributed by atoms with van der Waals surface area (Å²) in [6, 6.07) is 1.98. The van der Waals surface area contributed by atoms with E-state index in [0.29, 0.717) is 39.7 Å². The van der Waals surface area contributed by atoms with E-state index < -0.39 is 0 Å². The molecule has 2 aromatic rings. The number of hydrogen-bond acceptors (Lipinski definition) is 6. The van der Waals surface area contributed by atoms with E-state index in [0.717, 1.165) is 12.8 Å². The average molecular weight is 357 g/mol. The molecule has 1 aliphatic carbocycles. The molecule has 1 saturated carbocycles. The molecule has 1 N–H and O–H groups in total. The largest absolute Gasteiger partial charge is 0.367 e. The Morgan fingerprint density at radius 2 is 2.16 bits per heavy atom. The molecule has 6 heteroatoms. The summed E-state index contributed by atoms with van der Waals surface area (Å²) in [4.78, 5) is 33.2. The number of rotatable bonds is 6. The third kappa shape index (κ3) is 3.79. The van der Waals surface area contributed by atoms with E-state index in [-0.39, 0.29) is 11.6 Å². The maximum Gasteiger partial charge on any atom is 0.208 e. The minimum absolute atomic E-state index is 0.0384. The third-order valence-corrected chi connectivity index (χ3v) is 6.03. The highest BCUT2D eigenvalue weighted by Gasteiger charge is 2.31. The molecule has 0 spiro atoms. The first-order valence-electron chi connectivity index (χ1n) is 8.70. The van der Waals surface area contributed by atoms with Crippen LogP contribution in [-0.4, -0.2) is 27.6 Å². The molecule has 5 nitrogen and oxygen atoms in total. The van der Waals surface area contributed by atoms with Crippen molar-refractivity contribution < 1.29 is 9.59 Å². The molecule has 0 amide bonds. The Morgan fingerprint density at radius 1 is 1.36 bits per heavy atom. The van der Waals surface area contributed by atoms with Gasteiger partial charge in [-0.3, -0.25) is 9.59 Å². The van der Waals surface area contributed by atoms with Crippen LogP contribution in [0.4, 0.5) is 5.82 Å². The van der Waals surface area contributed by atoms with Gasteiger partial charge in [-0.1, -0.05) is 20.3 Å². The lowest BCUT2D eigenvalue weighted by Crippen LogP contribution is -2.19. The van der Waals surface area contributed by atoms with Gasteiger partial charge in [0.05, 0.1) is 10.4 Å². The molecular formula is C19H23N3O2S. The van der Waals surface area contributed by atoms with Gasteiger partial charge in [0.1, 0.15) is 12.1 Å². The molecule has 2 heterocycles. The van der Waals surface area contributed by atoms with Crippen molar-refractivity contribution in [3.8, 4) is 0 Å². The number of nitrogens with zero attached hydrogens (tertiary/aromatic N) is 2. The Labute approximate surface area is 151 Å². The summed E-state index contributed by atoms with van der Waals surface area (Å²) in [7, 11) is 0. The van der Waals surface area contributed by atoms with Crippen molar-refractivity contribution in [2.24, 2.45) is 11.8 Å². The number of carbonyl (C=O) groups is 2. The summed E-state index contributed by atoms with van der Waals surface area (Å²) in [5.41, 5.74) is 1.03. The zero-order valence-electron chi connectivity index (χ0n) is 14.8. The van der Waals surface area contributed by atoms with Crippen molar-refractivity contribution in [2.75, 3.05) is 5.32 Å². The summed E-state index contributed by atoms with van der Waals surface area (Å²) in [5, 5.41) is 5.17. The van der Waals surface area contributed by atoms with Crippen molar-refractivity contribution in [3.63, 3.8) is 0 Å². The van der Waals surface area contributed by atoms with Gasteiger partial charge in [0.2, 0.25) is 5.78 Å². The van der Waals surface area contributed by atoms with Gasteiger partial charge < -0.3 is 5.32 Å². The van der Waals surface area contributed by atoms with Crippen molar-refractivity contribution in [1.82, 2.24) is 9.97 Å². The number of anilines is 1. The first-order chi connectivity index (χ1) is 12.0. The van der Waals surface area contributed by atoms with Crippen LogP contribution in [0.25, 0.3) is 0 Å². The van der Waals surface area contributed by atoms with Crippen molar-refractivity contribution in [3.05, 3.63) is 40.0 Å². The Balaban J connectivity index is 1.81. The molecule has 1 fully saturated rings. The minimum Gasteiger partial charge on any atom is -0.367 e. The predicted octanol–water partition coefficient (Wildman–Crippen LogP) is 4.21. The Hall–Kier alpha value is -2.08. The molecule has 0 bridgehead atoms. The second kappa shape index (κ2) is 7.44. The summed E-state index contributed by atoms with van der Waals surface area (Å²) in [6.45, 7) is 6.02. The van der Waals surface area contributed by atoms with Gasteiger partial charge in [0.15, 0.2) is 5.78 Å². The highest BCUT2D eigenvalue weighted by Crippen LogP contribution is 2.35. The fourth-order valence-electron chi connectivity index (χ4n) is 3.60. The van der Waals surface area contributed by atoms with Crippen LogP contribution in [0.1, 0.15) is 65.6 Å². The summed E-state index contributed by atoms with van der Waals surface area (Å²) < 4.78 is 0. The van der Waals surface area contributed by atoms with Crippen LogP contribution in [-0.2, 0) is 0 Å². The maximum atomic E-state index is 12.8. The second-order valence-electron chi connectivity index (χ2n) is 6.83. The number of Topliss-reactive ketones (excluding diaryl/α,β-unsaturated/α-hetero) is 1. The molecule has 2 aromatic heterocycles. The molecule has 0 radical (unpaired) electrons. The summed E-state index contributed by atoms with van der Waals surface area (Å²) in [6.07, 6.45) is 6.38. The number of hydrogen-bond donors (Lipinski definition) is 1. The van der Waals surface area contributed by atoms with Gasteiger partial charge >= 0.3 is 0 Å². The first kappa shape index (κ1) is 17.7. The van der Waals surface area contributed by atoms with Crippen LogP contribution in [0.2, 0.25) is 0 Å². The van der Waals surface area contributed by atoms with Crippen LogP contribution in [0.5, 0.6) is 0 Å². The van der Waals surface area contributed by atoms with Crippen LogP contribution in [0, 0.1) is 11.8 Å². The molecule has 0 unspecified atom stereocenters. The second-order valence-corrected chi connectivity index (χ2v) is 7.74. The van der Waals surface area contributed by atoms with Gasteiger partial charge in [0, 0.05) is 23.2 Å². The molecule has 3 rings (SSSR count). The van der Waals surface area contributed by atoms with Crippen molar-refractivity contribution >= 4 is 28.7 Å². The molecule has 3 atom stereocenters. The molecular weight excluding hydrogens is 334 g/mol. The highest BCUT2D eigenvalue weighted by atomic mass is 32.1. The van der Waals surface area contributed by atoms with E-state index in [9.17, 15) is 9.59 Å². The van der Waals surface area contributed by atoms with Gasteiger partial charge in [-0.15, -0.1) is 11.3 Å². The van der Waals surface area contributed by atoms with Crippen molar-refractivity contribution in [1.29, 1.82) is 0 Å². The zero-order valence-corrected chi connectivity index (χ0v) is 15.6.